The van der Waals surface area contributed by atoms with Crippen molar-refractivity contribution in [3.05, 3.63) is 99.9 Å². The molecule has 26 heteroatoms. The van der Waals surface area contributed by atoms with Gasteiger partial charge in [-0.15, -0.1) is 22.7 Å². The van der Waals surface area contributed by atoms with E-state index in [-0.39, 0.29) is 49.6 Å². The van der Waals surface area contributed by atoms with Crippen LogP contribution in [0, 0.1) is 0 Å². The first-order chi connectivity index (χ1) is 27.8. The van der Waals surface area contributed by atoms with Gasteiger partial charge in [-0.3, -0.25) is 19.0 Å². The van der Waals surface area contributed by atoms with Gasteiger partial charge in [-0.2, -0.15) is 21.6 Å². The molecule has 2 saturated heterocycles. The van der Waals surface area contributed by atoms with Crippen molar-refractivity contribution < 1.29 is 56.9 Å². The van der Waals surface area contributed by atoms with E-state index in [0.717, 1.165) is 16.2 Å². The molecule has 3 aromatic carbocycles. The number of hydrogen-bond donors (Lipinski definition) is 2. The highest BCUT2D eigenvalue weighted by Gasteiger charge is 2.51. The molecule has 2 aromatic heterocycles. The number of nitrogens with zero attached hydrogens (tertiary/aromatic N) is 4. The van der Waals surface area contributed by atoms with E-state index in [4.69, 9.17) is 27.9 Å². The van der Waals surface area contributed by atoms with E-state index in [1.54, 1.807) is 46.0 Å². The molecule has 0 aliphatic carbocycles. The summed E-state index contributed by atoms with van der Waals surface area (Å²) in [5.41, 5.74) is -4.88. The van der Waals surface area contributed by atoms with Crippen molar-refractivity contribution in [2.75, 3.05) is 32.3 Å². The minimum absolute atomic E-state index is 0.0756. The molecule has 2 aliphatic rings. The van der Waals surface area contributed by atoms with Crippen LogP contribution in [-0.2, 0) is 43.9 Å². The molecule has 16 nitrogen and oxygen atoms in total. The Bertz CT molecular complexity index is 2640. The number of carbonyl (C=O) groups excluding carboxylic acids is 2. The van der Waals surface area contributed by atoms with Crippen molar-refractivity contribution >= 4 is 109 Å². The molecule has 2 N–H and O–H groups in total. The second-order valence-corrected chi connectivity index (χ2v) is 19.6. The lowest BCUT2D eigenvalue weighted by atomic mass is 10.3. The summed E-state index contributed by atoms with van der Waals surface area (Å²) in [5, 5.41) is 4.31. The van der Waals surface area contributed by atoms with E-state index in [1.165, 1.54) is 60.1 Å². The van der Waals surface area contributed by atoms with Crippen LogP contribution in [0.4, 0.5) is 34.8 Å². The average Bonchev–Trinajstić information content (AvgIpc) is 4.01. The Morgan fingerprint density at radius 2 is 1.15 bits per heavy atom. The highest BCUT2D eigenvalue weighted by Crippen LogP contribution is 2.35. The SMILES string of the molecule is O=C1[C@@H](Oc2cccc(Cl)c2Cl)CCN1c1ccc(S(=O)(=O)Nc2nccs2)cc1.O=C1[C@H](OS(=O)(=O)C(F)(F)F)CCN1c1ccc(S(=O)(=O)Nc2nccs2)cc1. The van der Waals surface area contributed by atoms with E-state index in [1.807, 2.05) is 0 Å². The van der Waals surface area contributed by atoms with Gasteiger partial charge in [-0.1, -0.05) is 29.3 Å². The van der Waals surface area contributed by atoms with Crippen LogP contribution in [0.15, 0.2) is 99.7 Å². The number of nitrogens with one attached hydrogen (secondary N) is 2. The van der Waals surface area contributed by atoms with E-state index >= 15 is 0 Å². The maximum Gasteiger partial charge on any atom is 0.523 e. The highest BCUT2D eigenvalue weighted by molar-refractivity contribution is 7.93. The number of halogens is 5. The average molecular weight is 956 g/mol. The molecule has 59 heavy (non-hydrogen) atoms. The number of thiazole rings is 2. The van der Waals surface area contributed by atoms with Crippen LogP contribution in [0.1, 0.15) is 12.8 Å². The van der Waals surface area contributed by atoms with Crippen molar-refractivity contribution in [1.82, 2.24) is 9.97 Å². The molecule has 0 unspecified atom stereocenters. The summed E-state index contributed by atoms with van der Waals surface area (Å²) in [6.07, 6.45) is 0.613. The summed E-state index contributed by atoms with van der Waals surface area (Å²) in [7, 11) is -13.6. The van der Waals surface area contributed by atoms with Gasteiger partial charge in [0.15, 0.2) is 22.5 Å². The lowest BCUT2D eigenvalue weighted by Gasteiger charge is -2.18. The van der Waals surface area contributed by atoms with Gasteiger partial charge < -0.3 is 14.5 Å². The standard InChI is InChI=1S/C19H15Cl2N3O4S2.C14H12F3N3O6S3/c20-14-2-1-3-15(17(14)21)28-16-8-10-24(18(16)25)12-4-6-13(7-5-12)30(26,27)23-19-22-9-11-29-19;15-14(16,17)29(24,25)26-11-5-7-20(12(11)21)9-1-3-10(4-2-9)28(22,23)19-13-18-6-8-27-13/h1-7,9,11,16H,8,10H2,(H,22,23);1-4,6,8,11H,5,7H2,(H,18,19)/t16-;11-/m01/s1. The zero-order valence-corrected chi connectivity index (χ0v) is 35.0. The quantitative estimate of drug-likeness (QED) is 0.104. The van der Waals surface area contributed by atoms with Crippen LogP contribution >= 0.6 is 45.9 Å². The molecule has 2 fully saturated rings. The number of ether oxygens (including phenoxy) is 1. The Morgan fingerprint density at radius 3 is 1.59 bits per heavy atom. The Morgan fingerprint density at radius 1 is 0.695 bits per heavy atom. The first-order valence-electron chi connectivity index (χ1n) is 16.5. The van der Waals surface area contributed by atoms with Gasteiger partial charge in [0.25, 0.3) is 31.9 Å². The Labute approximate surface area is 352 Å². The van der Waals surface area contributed by atoms with Crippen LogP contribution < -0.4 is 24.0 Å². The predicted molar refractivity (Wildman–Crippen MR) is 213 cm³/mol. The first kappa shape index (κ1) is 44.0. The molecule has 0 radical (unpaired) electrons. The number of amides is 2. The van der Waals surface area contributed by atoms with Gasteiger partial charge in [0.05, 0.1) is 14.8 Å². The van der Waals surface area contributed by atoms with E-state index in [0.29, 0.717) is 29.4 Å². The fourth-order valence-electron chi connectivity index (χ4n) is 5.46. The molecule has 0 saturated carbocycles. The summed E-state index contributed by atoms with van der Waals surface area (Å²) in [5.74, 6) is -0.865. The van der Waals surface area contributed by atoms with Gasteiger partial charge in [-0.05, 0) is 60.7 Å². The predicted octanol–water partition coefficient (Wildman–Crippen LogP) is 6.35. The Kier molecular flexibility index (Phi) is 13.1. The summed E-state index contributed by atoms with van der Waals surface area (Å²) >= 11 is 14.4. The first-order valence-corrected chi connectivity index (χ1v) is 23.4. The second-order valence-electron chi connectivity index (χ2n) is 12.1. The molecule has 0 bridgehead atoms. The van der Waals surface area contributed by atoms with Gasteiger partial charge >= 0.3 is 15.6 Å². The summed E-state index contributed by atoms with van der Waals surface area (Å²) in [4.78, 5) is 35.3. The third-order valence-corrected chi connectivity index (χ3v) is 14.4. The fraction of sp³-hybridized carbons (Fsp3) is 0.212. The lowest BCUT2D eigenvalue weighted by molar-refractivity contribution is -0.124. The van der Waals surface area contributed by atoms with Crippen molar-refractivity contribution in [2.24, 2.45) is 0 Å². The molecule has 2 atom stereocenters. The molecule has 7 rings (SSSR count). The largest absolute Gasteiger partial charge is 0.523 e. The van der Waals surface area contributed by atoms with Crippen LogP contribution in [0.25, 0.3) is 0 Å². The number of hydrogen-bond acceptors (Lipinski definition) is 14. The number of alkyl halides is 3. The number of carbonyl (C=O) groups is 2. The third-order valence-electron chi connectivity index (χ3n) is 8.25. The zero-order valence-electron chi connectivity index (χ0n) is 29.4. The third kappa shape index (κ3) is 10.3. The molecule has 2 aliphatic heterocycles. The topological polar surface area (TPSA) is 211 Å². The highest BCUT2D eigenvalue weighted by atomic mass is 35.5. The molecule has 4 heterocycles. The van der Waals surface area contributed by atoms with Crippen LogP contribution in [-0.4, -0.2) is 77.8 Å². The van der Waals surface area contributed by atoms with E-state index in [2.05, 4.69) is 23.6 Å². The minimum Gasteiger partial charge on any atom is -0.479 e. The van der Waals surface area contributed by atoms with Gasteiger partial charge in [-0.25, -0.2) is 31.0 Å². The Hall–Kier alpha value is -4.56. The summed E-state index contributed by atoms with van der Waals surface area (Å²) in [6, 6.07) is 16.0. The molecular weight excluding hydrogens is 929 g/mol. The Balaban J connectivity index is 0.000000199. The van der Waals surface area contributed by atoms with Gasteiger partial charge in [0.1, 0.15) is 10.8 Å². The molecule has 314 valence electrons. The van der Waals surface area contributed by atoms with Crippen molar-refractivity contribution in [2.45, 2.75) is 40.3 Å². The minimum atomic E-state index is -5.91. The van der Waals surface area contributed by atoms with E-state index < -0.39 is 53.8 Å². The number of rotatable bonds is 12. The molecule has 5 aromatic rings. The monoisotopic (exact) mass is 954 g/mol. The van der Waals surface area contributed by atoms with Crippen molar-refractivity contribution in [1.29, 1.82) is 0 Å². The molecule has 0 spiro atoms. The second kappa shape index (κ2) is 17.6. The molecular formula is C33H27Cl2F3N6O10S5. The smallest absolute Gasteiger partial charge is 0.479 e. The maximum absolute atomic E-state index is 12.8. The van der Waals surface area contributed by atoms with Crippen molar-refractivity contribution in [3.63, 3.8) is 0 Å². The van der Waals surface area contributed by atoms with Crippen LogP contribution in [0.3, 0.4) is 0 Å². The number of anilines is 4. The van der Waals surface area contributed by atoms with Gasteiger partial charge in [0, 0.05) is 60.5 Å². The zero-order chi connectivity index (χ0) is 42.8. The van der Waals surface area contributed by atoms with E-state index in [9.17, 15) is 48.0 Å². The fourth-order valence-corrected chi connectivity index (χ4v) is 9.97. The number of aromatic nitrogens is 2. The van der Waals surface area contributed by atoms with Crippen LogP contribution in [0.2, 0.25) is 10.0 Å². The number of benzene rings is 3. The van der Waals surface area contributed by atoms with Crippen molar-refractivity contribution in [3.8, 4) is 5.75 Å². The maximum atomic E-state index is 12.8. The van der Waals surface area contributed by atoms with Gasteiger partial charge in [0.2, 0.25) is 0 Å². The summed E-state index contributed by atoms with van der Waals surface area (Å²) < 4.78 is 123. The molecule has 2 amide bonds. The lowest BCUT2D eigenvalue weighted by Crippen LogP contribution is -2.35. The number of sulfonamides is 2. The van der Waals surface area contributed by atoms with Crippen LogP contribution in [0.5, 0.6) is 5.75 Å². The summed E-state index contributed by atoms with van der Waals surface area (Å²) in [6.45, 7) is 0.339. The normalized spacial score (nSPS) is 17.4.